The molecule has 0 unspecified atom stereocenters. The van der Waals surface area contributed by atoms with Crippen molar-refractivity contribution in [3.05, 3.63) is 60.2 Å². The highest BCUT2D eigenvalue weighted by Crippen LogP contribution is 2.30. The van der Waals surface area contributed by atoms with E-state index in [1.165, 1.54) is 0 Å². The Morgan fingerprint density at radius 2 is 1.69 bits per heavy atom. The highest BCUT2D eigenvalue weighted by atomic mass is 16.1. The molecule has 0 aliphatic carbocycles. The van der Waals surface area contributed by atoms with Crippen molar-refractivity contribution in [2.75, 3.05) is 12.3 Å². The molecular formula is C20H19N5O. The highest BCUT2D eigenvalue weighted by Gasteiger charge is 2.24. The van der Waals surface area contributed by atoms with Crippen molar-refractivity contribution in [1.82, 2.24) is 19.9 Å². The van der Waals surface area contributed by atoms with E-state index in [1.54, 1.807) is 4.57 Å². The van der Waals surface area contributed by atoms with Gasteiger partial charge in [0.1, 0.15) is 16.9 Å². The fourth-order valence-corrected chi connectivity index (χ4v) is 3.05. The summed E-state index contributed by atoms with van der Waals surface area (Å²) in [5.41, 5.74) is 10.2. The predicted octanol–water partition coefficient (Wildman–Crippen LogP) is 3.30. The van der Waals surface area contributed by atoms with Gasteiger partial charge in [0.05, 0.1) is 11.0 Å². The van der Waals surface area contributed by atoms with Gasteiger partial charge in [-0.3, -0.25) is 9.36 Å². The van der Waals surface area contributed by atoms with Crippen molar-refractivity contribution >= 4 is 33.9 Å². The zero-order chi connectivity index (χ0) is 18.1. The van der Waals surface area contributed by atoms with Crippen LogP contribution in [0.3, 0.4) is 0 Å². The van der Waals surface area contributed by atoms with Crippen LogP contribution in [0.15, 0.2) is 54.6 Å². The number of nitrogens with two attached hydrogens (primary N) is 1. The molecule has 0 fully saturated rings. The molecule has 0 saturated heterocycles. The average molecular weight is 345 g/mol. The van der Waals surface area contributed by atoms with Crippen molar-refractivity contribution < 1.29 is 4.79 Å². The van der Waals surface area contributed by atoms with Gasteiger partial charge in [0.2, 0.25) is 0 Å². The quantitative estimate of drug-likeness (QED) is 0.594. The summed E-state index contributed by atoms with van der Waals surface area (Å²) in [5, 5.41) is 2.89. The van der Waals surface area contributed by atoms with Crippen molar-refractivity contribution in [1.29, 1.82) is 0 Å². The lowest BCUT2D eigenvalue weighted by atomic mass is 10.2. The normalized spacial score (nSPS) is 11.1. The van der Waals surface area contributed by atoms with E-state index in [0.717, 1.165) is 23.1 Å². The number of nitrogens with one attached hydrogen (secondary N) is 1. The van der Waals surface area contributed by atoms with Gasteiger partial charge in [-0.05, 0) is 30.7 Å². The minimum atomic E-state index is -0.228. The van der Waals surface area contributed by atoms with Crippen LogP contribution in [0.25, 0.3) is 27.9 Å². The standard InChI is InChI=1S/C20H19N5O/c1-2-12-22-20(26)16-17-19(24-15-11-7-6-10-14(15)23-17)25(18(16)21)13-8-4-3-5-9-13/h3-11H,2,12,21H2,1H3,(H,22,26). The summed E-state index contributed by atoms with van der Waals surface area (Å²) in [6.07, 6.45) is 0.845. The van der Waals surface area contributed by atoms with Crippen molar-refractivity contribution in [3.63, 3.8) is 0 Å². The molecule has 0 spiro atoms. The molecule has 0 aliphatic rings. The molecule has 4 aromatic rings. The fourth-order valence-electron chi connectivity index (χ4n) is 3.05. The summed E-state index contributed by atoms with van der Waals surface area (Å²) in [5.74, 6) is 0.115. The van der Waals surface area contributed by atoms with Gasteiger partial charge >= 0.3 is 0 Å². The number of nitrogens with zero attached hydrogens (tertiary/aromatic N) is 3. The first-order chi connectivity index (χ1) is 12.7. The third-order valence-electron chi connectivity index (χ3n) is 4.27. The van der Waals surface area contributed by atoms with Gasteiger partial charge in [-0.1, -0.05) is 37.3 Å². The largest absolute Gasteiger partial charge is 0.384 e. The lowest BCUT2D eigenvalue weighted by Gasteiger charge is -2.07. The second-order valence-corrected chi connectivity index (χ2v) is 6.07. The monoisotopic (exact) mass is 345 g/mol. The van der Waals surface area contributed by atoms with Crippen molar-refractivity contribution in [2.45, 2.75) is 13.3 Å². The first-order valence-electron chi connectivity index (χ1n) is 8.61. The molecule has 3 N–H and O–H groups in total. The minimum Gasteiger partial charge on any atom is -0.384 e. The van der Waals surface area contributed by atoms with Gasteiger partial charge in [-0.15, -0.1) is 0 Å². The van der Waals surface area contributed by atoms with E-state index in [0.29, 0.717) is 29.1 Å². The van der Waals surface area contributed by atoms with Crippen LogP contribution in [0.4, 0.5) is 5.82 Å². The molecule has 2 aromatic carbocycles. The number of amides is 1. The molecule has 0 atom stereocenters. The highest BCUT2D eigenvalue weighted by molar-refractivity contribution is 6.11. The van der Waals surface area contributed by atoms with Crippen LogP contribution in [0, 0.1) is 0 Å². The Morgan fingerprint density at radius 1 is 1.04 bits per heavy atom. The molecule has 1 amide bonds. The Labute approximate surface area is 150 Å². The van der Waals surface area contributed by atoms with Gasteiger partial charge in [0.25, 0.3) is 5.91 Å². The number of carbonyl (C=O) groups is 1. The molecule has 0 radical (unpaired) electrons. The third kappa shape index (κ3) is 2.56. The molecule has 4 rings (SSSR count). The molecule has 6 heteroatoms. The Balaban J connectivity index is 2.05. The van der Waals surface area contributed by atoms with Crippen LogP contribution in [0.2, 0.25) is 0 Å². The summed E-state index contributed by atoms with van der Waals surface area (Å²) in [4.78, 5) is 22.2. The molecule has 2 aromatic heterocycles. The molecule has 0 bridgehead atoms. The average Bonchev–Trinajstić information content (AvgIpc) is 2.95. The maximum absolute atomic E-state index is 12.7. The van der Waals surface area contributed by atoms with E-state index in [2.05, 4.69) is 10.3 Å². The van der Waals surface area contributed by atoms with E-state index in [1.807, 2.05) is 61.5 Å². The maximum atomic E-state index is 12.7. The number of hydrogen-bond acceptors (Lipinski definition) is 4. The molecule has 26 heavy (non-hydrogen) atoms. The molecule has 0 saturated carbocycles. The summed E-state index contributed by atoms with van der Waals surface area (Å²) in [7, 11) is 0. The van der Waals surface area contributed by atoms with Gasteiger partial charge in [0.15, 0.2) is 5.65 Å². The topological polar surface area (TPSA) is 85.8 Å². The molecule has 6 nitrogen and oxygen atoms in total. The van der Waals surface area contributed by atoms with E-state index < -0.39 is 0 Å². The minimum absolute atomic E-state index is 0.228. The molecular weight excluding hydrogens is 326 g/mol. The van der Waals surface area contributed by atoms with Crippen LogP contribution in [0.5, 0.6) is 0 Å². The van der Waals surface area contributed by atoms with Crippen LogP contribution >= 0.6 is 0 Å². The Hall–Kier alpha value is -3.41. The summed E-state index contributed by atoms with van der Waals surface area (Å²) < 4.78 is 1.79. The van der Waals surface area contributed by atoms with Crippen LogP contribution < -0.4 is 11.1 Å². The van der Waals surface area contributed by atoms with Crippen LogP contribution in [-0.2, 0) is 0 Å². The smallest absolute Gasteiger partial charge is 0.257 e. The predicted molar refractivity (Wildman–Crippen MR) is 103 cm³/mol. The lowest BCUT2D eigenvalue weighted by molar-refractivity contribution is 0.0956. The Kier molecular flexibility index (Phi) is 4.01. The lowest BCUT2D eigenvalue weighted by Crippen LogP contribution is -2.25. The number of carbonyl (C=O) groups excluding carboxylic acids is 1. The molecule has 130 valence electrons. The van der Waals surface area contributed by atoms with Gasteiger partial charge < -0.3 is 11.1 Å². The molecule has 2 heterocycles. The SMILES string of the molecule is CCCNC(=O)c1c(N)n(-c2ccccc2)c2nc3ccccc3nc12. The van der Waals surface area contributed by atoms with Gasteiger partial charge in [-0.25, -0.2) is 9.97 Å². The number of anilines is 1. The Morgan fingerprint density at radius 3 is 2.38 bits per heavy atom. The number of rotatable bonds is 4. The van der Waals surface area contributed by atoms with Crippen LogP contribution in [-0.4, -0.2) is 27.0 Å². The van der Waals surface area contributed by atoms with Gasteiger partial charge in [0, 0.05) is 12.2 Å². The van der Waals surface area contributed by atoms with Crippen molar-refractivity contribution in [2.24, 2.45) is 0 Å². The number of para-hydroxylation sites is 3. The van der Waals surface area contributed by atoms with Gasteiger partial charge in [-0.2, -0.15) is 0 Å². The Bertz CT molecular complexity index is 1100. The first-order valence-corrected chi connectivity index (χ1v) is 8.61. The van der Waals surface area contributed by atoms with Crippen molar-refractivity contribution in [3.8, 4) is 5.69 Å². The second kappa shape index (κ2) is 6.48. The number of nitrogen functional groups attached to an aromatic ring is 1. The van der Waals surface area contributed by atoms with Crippen LogP contribution in [0.1, 0.15) is 23.7 Å². The fraction of sp³-hybridized carbons (Fsp3) is 0.150. The number of hydrogen-bond donors (Lipinski definition) is 2. The molecule has 0 aliphatic heterocycles. The maximum Gasteiger partial charge on any atom is 0.257 e. The summed E-state index contributed by atoms with van der Waals surface area (Å²) in [6, 6.07) is 17.2. The zero-order valence-electron chi connectivity index (χ0n) is 14.4. The second-order valence-electron chi connectivity index (χ2n) is 6.07. The number of aromatic nitrogens is 3. The zero-order valence-corrected chi connectivity index (χ0v) is 14.4. The first kappa shape index (κ1) is 16.1. The summed E-state index contributed by atoms with van der Waals surface area (Å²) >= 11 is 0. The van der Waals surface area contributed by atoms with E-state index in [-0.39, 0.29) is 5.91 Å². The van der Waals surface area contributed by atoms with E-state index in [9.17, 15) is 4.79 Å². The number of benzene rings is 2. The number of fused-ring (bicyclic) bond motifs is 2. The summed E-state index contributed by atoms with van der Waals surface area (Å²) in [6.45, 7) is 2.58. The van der Waals surface area contributed by atoms with E-state index >= 15 is 0 Å². The van der Waals surface area contributed by atoms with E-state index in [4.69, 9.17) is 10.7 Å². The third-order valence-corrected chi connectivity index (χ3v) is 4.27.